The van der Waals surface area contributed by atoms with Crippen LogP contribution in [0.2, 0.25) is 0 Å². The Morgan fingerprint density at radius 1 is 1.41 bits per heavy atom. The number of aliphatic hydroxyl groups is 1. The van der Waals surface area contributed by atoms with E-state index in [0.29, 0.717) is 19.5 Å². The van der Waals surface area contributed by atoms with Gasteiger partial charge in [-0.1, -0.05) is 24.3 Å². The third-order valence-corrected chi connectivity index (χ3v) is 4.11. The molecule has 4 heteroatoms. The number of hydrogen-bond acceptors (Lipinski definition) is 3. The molecule has 1 heterocycles. The molecule has 4 nitrogen and oxygen atoms in total. The molecule has 0 saturated carbocycles. The molecule has 0 radical (unpaired) electrons. The SMILES string of the molecule is Cc1ccccc1CC(O)C1CCN(C(=O)OC(C)(C)C)C1. The summed E-state index contributed by atoms with van der Waals surface area (Å²) in [6, 6.07) is 8.12. The highest BCUT2D eigenvalue weighted by atomic mass is 16.6. The second kappa shape index (κ2) is 6.69. The summed E-state index contributed by atoms with van der Waals surface area (Å²) in [6.07, 6.45) is 0.762. The molecule has 1 amide bonds. The van der Waals surface area contributed by atoms with E-state index in [0.717, 1.165) is 6.42 Å². The fourth-order valence-corrected chi connectivity index (χ4v) is 2.82. The first-order valence-corrected chi connectivity index (χ1v) is 7.97. The molecule has 1 N–H and O–H groups in total. The molecular weight excluding hydrogens is 278 g/mol. The van der Waals surface area contributed by atoms with E-state index in [1.807, 2.05) is 32.9 Å². The maximum absolute atomic E-state index is 12.1. The van der Waals surface area contributed by atoms with E-state index in [9.17, 15) is 9.90 Å². The van der Waals surface area contributed by atoms with Crippen LogP contribution < -0.4 is 0 Å². The number of carbonyl (C=O) groups is 1. The van der Waals surface area contributed by atoms with Crippen molar-refractivity contribution >= 4 is 6.09 Å². The van der Waals surface area contributed by atoms with E-state index in [-0.39, 0.29) is 12.0 Å². The van der Waals surface area contributed by atoms with Crippen LogP contribution in [0, 0.1) is 12.8 Å². The first-order chi connectivity index (χ1) is 10.3. The lowest BCUT2D eigenvalue weighted by atomic mass is 9.93. The van der Waals surface area contributed by atoms with Crippen LogP contribution in [-0.2, 0) is 11.2 Å². The Hall–Kier alpha value is -1.55. The van der Waals surface area contributed by atoms with Gasteiger partial charge in [0, 0.05) is 19.0 Å². The Balaban J connectivity index is 1.90. The smallest absolute Gasteiger partial charge is 0.410 e. The van der Waals surface area contributed by atoms with Crippen LogP contribution in [0.15, 0.2) is 24.3 Å². The summed E-state index contributed by atoms with van der Waals surface area (Å²) < 4.78 is 5.39. The van der Waals surface area contributed by atoms with Crippen LogP contribution in [0.5, 0.6) is 0 Å². The number of amides is 1. The van der Waals surface area contributed by atoms with E-state index in [2.05, 4.69) is 19.1 Å². The molecule has 2 rings (SSSR count). The highest BCUT2D eigenvalue weighted by molar-refractivity contribution is 5.68. The average Bonchev–Trinajstić information content (AvgIpc) is 2.89. The Labute approximate surface area is 133 Å². The third kappa shape index (κ3) is 4.47. The number of carbonyl (C=O) groups excluding carboxylic acids is 1. The van der Waals surface area contributed by atoms with Crippen molar-refractivity contribution < 1.29 is 14.6 Å². The van der Waals surface area contributed by atoms with Crippen molar-refractivity contribution in [3.63, 3.8) is 0 Å². The number of aliphatic hydroxyl groups excluding tert-OH is 1. The number of likely N-dealkylation sites (tertiary alicyclic amines) is 1. The predicted molar refractivity (Wildman–Crippen MR) is 86.8 cm³/mol. The predicted octanol–water partition coefficient (Wildman–Crippen LogP) is 3.16. The minimum absolute atomic E-state index is 0.118. The zero-order valence-electron chi connectivity index (χ0n) is 14.0. The Morgan fingerprint density at radius 2 is 2.09 bits per heavy atom. The maximum Gasteiger partial charge on any atom is 0.410 e. The van der Waals surface area contributed by atoms with Gasteiger partial charge in [-0.3, -0.25) is 0 Å². The van der Waals surface area contributed by atoms with Crippen molar-refractivity contribution in [2.24, 2.45) is 5.92 Å². The van der Waals surface area contributed by atoms with Crippen molar-refractivity contribution in [3.8, 4) is 0 Å². The molecule has 2 atom stereocenters. The summed E-state index contributed by atoms with van der Waals surface area (Å²) in [5.41, 5.74) is 1.89. The van der Waals surface area contributed by atoms with Crippen molar-refractivity contribution in [2.45, 2.75) is 52.2 Å². The summed E-state index contributed by atoms with van der Waals surface area (Å²) in [7, 11) is 0. The van der Waals surface area contributed by atoms with Crippen LogP contribution in [0.1, 0.15) is 38.3 Å². The second-order valence-electron chi connectivity index (χ2n) is 7.17. The van der Waals surface area contributed by atoms with Crippen LogP contribution in [-0.4, -0.2) is 40.9 Å². The normalized spacial score (nSPS) is 20.0. The van der Waals surface area contributed by atoms with Gasteiger partial charge in [0.25, 0.3) is 0 Å². The summed E-state index contributed by atoms with van der Waals surface area (Å²) in [4.78, 5) is 13.8. The fraction of sp³-hybridized carbons (Fsp3) is 0.611. The maximum atomic E-state index is 12.1. The van der Waals surface area contributed by atoms with Crippen molar-refractivity contribution in [1.82, 2.24) is 4.90 Å². The topological polar surface area (TPSA) is 49.8 Å². The van der Waals surface area contributed by atoms with Crippen LogP contribution in [0.3, 0.4) is 0 Å². The second-order valence-corrected chi connectivity index (χ2v) is 7.17. The summed E-state index contributed by atoms with van der Waals surface area (Å²) in [6.45, 7) is 8.89. The number of benzene rings is 1. The van der Waals surface area contributed by atoms with E-state index >= 15 is 0 Å². The van der Waals surface area contributed by atoms with Gasteiger partial charge in [0.2, 0.25) is 0 Å². The molecule has 0 aliphatic carbocycles. The zero-order valence-corrected chi connectivity index (χ0v) is 14.0. The number of aryl methyl sites for hydroxylation is 1. The van der Waals surface area contributed by atoms with Crippen LogP contribution in [0.25, 0.3) is 0 Å². The summed E-state index contributed by atoms with van der Waals surface area (Å²) in [5, 5.41) is 10.5. The lowest BCUT2D eigenvalue weighted by molar-refractivity contribution is 0.0269. The molecule has 1 aliphatic rings. The number of nitrogens with zero attached hydrogens (tertiary/aromatic N) is 1. The minimum atomic E-state index is -0.477. The first-order valence-electron chi connectivity index (χ1n) is 7.97. The number of hydrogen-bond donors (Lipinski definition) is 1. The van der Waals surface area contributed by atoms with Crippen molar-refractivity contribution in [2.75, 3.05) is 13.1 Å². The molecule has 22 heavy (non-hydrogen) atoms. The highest BCUT2D eigenvalue weighted by Crippen LogP contribution is 2.24. The lowest BCUT2D eigenvalue weighted by Gasteiger charge is -2.25. The van der Waals surface area contributed by atoms with Crippen molar-refractivity contribution in [3.05, 3.63) is 35.4 Å². The van der Waals surface area contributed by atoms with E-state index < -0.39 is 11.7 Å². The van der Waals surface area contributed by atoms with Gasteiger partial charge in [-0.05, 0) is 51.7 Å². The molecular formula is C18H27NO3. The fourth-order valence-electron chi connectivity index (χ4n) is 2.82. The first kappa shape index (κ1) is 16.8. The van der Waals surface area contributed by atoms with Crippen LogP contribution in [0.4, 0.5) is 4.79 Å². The monoisotopic (exact) mass is 305 g/mol. The molecule has 2 unspecified atom stereocenters. The number of ether oxygens (including phenoxy) is 1. The third-order valence-electron chi connectivity index (χ3n) is 4.11. The summed E-state index contributed by atoms with van der Waals surface area (Å²) >= 11 is 0. The molecule has 0 spiro atoms. The van der Waals surface area contributed by atoms with Crippen LogP contribution >= 0.6 is 0 Å². The van der Waals surface area contributed by atoms with Gasteiger partial charge in [-0.15, -0.1) is 0 Å². The minimum Gasteiger partial charge on any atom is -0.444 e. The Kier molecular flexibility index (Phi) is 5.12. The molecule has 0 aromatic heterocycles. The summed E-state index contributed by atoms with van der Waals surface area (Å²) in [5.74, 6) is 0.118. The standard InChI is InChI=1S/C18H27NO3/c1-13-7-5-6-8-14(13)11-16(20)15-9-10-19(12-15)17(21)22-18(2,3)4/h5-8,15-16,20H,9-12H2,1-4H3. The van der Waals surface area contributed by atoms with Gasteiger partial charge in [0.1, 0.15) is 5.60 Å². The Bertz CT molecular complexity index is 521. The van der Waals surface area contributed by atoms with Gasteiger partial charge in [-0.2, -0.15) is 0 Å². The molecule has 1 saturated heterocycles. The quantitative estimate of drug-likeness (QED) is 0.933. The molecule has 122 valence electrons. The average molecular weight is 305 g/mol. The molecule has 1 aliphatic heterocycles. The number of rotatable bonds is 3. The van der Waals surface area contributed by atoms with Gasteiger partial charge in [0.05, 0.1) is 6.10 Å². The van der Waals surface area contributed by atoms with E-state index in [4.69, 9.17) is 4.74 Å². The molecule has 1 fully saturated rings. The van der Waals surface area contributed by atoms with Gasteiger partial charge >= 0.3 is 6.09 Å². The van der Waals surface area contributed by atoms with E-state index in [1.165, 1.54) is 11.1 Å². The lowest BCUT2D eigenvalue weighted by Crippen LogP contribution is -2.36. The van der Waals surface area contributed by atoms with E-state index in [1.54, 1.807) is 4.90 Å². The van der Waals surface area contributed by atoms with Gasteiger partial charge in [0.15, 0.2) is 0 Å². The zero-order chi connectivity index (χ0) is 16.3. The van der Waals surface area contributed by atoms with Gasteiger partial charge in [-0.25, -0.2) is 4.79 Å². The Morgan fingerprint density at radius 3 is 2.73 bits per heavy atom. The molecule has 1 aromatic rings. The van der Waals surface area contributed by atoms with Gasteiger partial charge < -0.3 is 14.7 Å². The molecule has 1 aromatic carbocycles. The highest BCUT2D eigenvalue weighted by Gasteiger charge is 2.33. The van der Waals surface area contributed by atoms with Crippen molar-refractivity contribution in [1.29, 1.82) is 0 Å². The molecule has 0 bridgehead atoms. The largest absolute Gasteiger partial charge is 0.444 e.